The maximum atomic E-state index is 13.0. The van der Waals surface area contributed by atoms with Crippen LogP contribution in [0.1, 0.15) is 55.3 Å². The molecular weight excluding hydrogens is 368 g/mol. The van der Waals surface area contributed by atoms with Gasteiger partial charge in [0.2, 0.25) is 10.0 Å². The van der Waals surface area contributed by atoms with Crippen molar-refractivity contribution in [3.63, 3.8) is 0 Å². The van der Waals surface area contributed by atoms with Crippen molar-refractivity contribution in [2.75, 3.05) is 19.6 Å². The molecule has 2 aliphatic heterocycles. The van der Waals surface area contributed by atoms with Gasteiger partial charge >= 0.3 is 5.97 Å². The third-order valence-corrected chi connectivity index (χ3v) is 7.23. The number of sulfonamides is 1. The Morgan fingerprint density at radius 2 is 1.63 bits per heavy atom. The largest absolute Gasteiger partial charge is 0.480 e. The molecule has 27 heavy (non-hydrogen) atoms. The lowest BCUT2D eigenvalue weighted by molar-refractivity contribution is -0.143. The topological polar surface area (TPSA) is 95.0 Å². The number of carboxylic acid groups (broad SMARTS) is 1. The Labute approximate surface area is 160 Å². The number of hydrogen-bond donors (Lipinski definition) is 1. The van der Waals surface area contributed by atoms with E-state index < -0.39 is 27.9 Å². The molecule has 1 atom stereocenters. The lowest BCUT2D eigenvalue weighted by atomic mass is 10.0. The number of piperidine rings is 1. The van der Waals surface area contributed by atoms with Crippen LogP contribution in [-0.2, 0) is 14.8 Å². The lowest BCUT2D eigenvalue weighted by Crippen LogP contribution is -2.48. The Morgan fingerprint density at radius 3 is 2.30 bits per heavy atom. The summed E-state index contributed by atoms with van der Waals surface area (Å²) in [5.41, 5.74) is 0.221. The third kappa shape index (κ3) is 4.32. The molecule has 0 unspecified atom stereocenters. The molecule has 1 amide bonds. The average Bonchev–Trinajstić information content (AvgIpc) is 2.97. The van der Waals surface area contributed by atoms with E-state index in [9.17, 15) is 23.1 Å². The smallest absolute Gasteiger partial charge is 0.326 e. The fourth-order valence-corrected chi connectivity index (χ4v) is 5.38. The van der Waals surface area contributed by atoms with Crippen molar-refractivity contribution >= 4 is 21.9 Å². The van der Waals surface area contributed by atoms with Crippen LogP contribution in [-0.4, -0.2) is 60.3 Å². The quantitative estimate of drug-likeness (QED) is 0.846. The van der Waals surface area contributed by atoms with Gasteiger partial charge in [0.05, 0.1) is 4.90 Å². The van der Waals surface area contributed by atoms with Gasteiger partial charge < -0.3 is 10.0 Å². The van der Waals surface area contributed by atoms with Crippen LogP contribution in [0.15, 0.2) is 29.2 Å². The number of hydrogen-bond acceptors (Lipinski definition) is 4. The van der Waals surface area contributed by atoms with E-state index in [0.717, 1.165) is 38.5 Å². The summed E-state index contributed by atoms with van der Waals surface area (Å²) in [6.45, 7) is 1.36. The monoisotopic (exact) mass is 394 g/mol. The first-order valence-corrected chi connectivity index (χ1v) is 11.0. The van der Waals surface area contributed by atoms with E-state index >= 15 is 0 Å². The van der Waals surface area contributed by atoms with Crippen molar-refractivity contribution in [3.05, 3.63) is 29.8 Å². The summed E-state index contributed by atoms with van der Waals surface area (Å²) in [6, 6.07) is 5.14. The summed E-state index contributed by atoms with van der Waals surface area (Å²) in [4.78, 5) is 25.8. The minimum absolute atomic E-state index is 0.0964. The molecule has 7 nitrogen and oxygen atoms in total. The van der Waals surface area contributed by atoms with E-state index in [1.807, 2.05) is 0 Å². The van der Waals surface area contributed by atoms with Gasteiger partial charge in [0, 0.05) is 25.2 Å². The molecule has 0 aromatic heterocycles. The van der Waals surface area contributed by atoms with Gasteiger partial charge in [0.1, 0.15) is 6.04 Å². The van der Waals surface area contributed by atoms with E-state index in [-0.39, 0.29) is 10.5 Å². The number of amides is 1. The van der Waals surface area contributed by atoms with E-state index in [4.69, 9.17) is 0 Å². The van der Waals surface area contributed by atoms with Crippen molar-refractivity contribution in [2.24, 2.45) is 0 Å². The lowest BCUT2D eigenvalue weighted by Gasteiger charge is -2.33. The molecule has 2 heterocycles. The number of rotatable bonds is 4. The van der Waals surface area contributed by atoms with Crippen LogP contribution in [0, 0.1) is 0 Å². The fraction of sp³-hybridized carbons (Fsp3) is 0.579. The summed E-state index contributed by atoms with van der Waals surface area (Å²) < 4.78 is 27.4. The zero-order chi connectivity index (χ0) is 19.4. The molecule has 0 spiro atoms. The van der Waals surface area contributed by atoms with Gasteiger partial charge in [-0.25, -0.2) is 13.2 Å². The van der Waals surface area contributed by atoms with Gasteiger partial charge in [-0.05, 0) is 50.3 Å². The molecule has 1 N–H and O–H groups in total. The van der Waals surface area contributed by atoms with Crippen molar-refractivity contribution in [3.8, 4) is 0 Å². The second kappa shape index (κ2) is 8.39. The zero-order valence-corrected chi connectivity index (χ0v) is 16.2. The number of carboxylic acids is 1. The van der Waals surface area contributed by atoms with Gasteiger partial charge in [-0.3, -0.25) is 4.79 Å². The number of nitrogens with zero attached hydrogens (tertiary/aromatic N) is 2. The first-order valence-electron chi connectivity index (χ1n) is 9.55. The Morgan fingerprint density at radius 1 is 0.963 bits per heavy atom. The standard InChI is InChI=1S/C19H26N2O5S/c22-18(21-13-6-3-10-17(21)19(23)24)15-8-7-9-16(14-15)27(25,26)20-11-4-1-2-5-12-20/h7-9,14,17H,1-6,10-13H2,(H,23,24)/t17-/m1/s1. The number of aliphatic carboxylic acids is 1. The maximum absolute atomic E-state index is 13.0. The highest BCUT2D eigenvalue weighted by molar-refractivity contribution is 7.89. The normalized spacial score (nSPS) is 22.2. The number of benzene rings is 1. The van der Waals surface area contributed by atoms with Crippen molar-refractivity contribution < 1.29 is 23.1 Å². The Balaban J connectivity index is 1.86. The SMILES string of the molecule is O=C(O)[C@H]1CCCCN1C(=O)c1cccc(S(=O)(=O)N2CCCCCC2)c1. The first-order chi connectivity index (χ1) is 12.9. The van der Waals surface area contributed by atoms with Gasteiger partial charge in [-0.1, -0.05) is 18.9 Å². The van der Waals surface area contributed by atoms with Crippen molar-refractivity contribution in [1.82, 2.24) is 9.21 Å². The molecule has 148 valence electrons. The van der Waals surface area contributed by atoms with Crippen LogP contribution in [0.25, 0.3) is 0 Å². The molecule has 1 aromatic rings. The molecule has 0 saturated carbocycles. The molecule has 2 fully saturated rings. The van der Waals surface area contributed by atoms with Crippen LogP contribution >= 0.6 is 0 Å². The summed E-state index contributed by atoms with van der Waals surface area (Å²) >= 11 is 0. The highest BCUT2D eigenvalue weighted by atomic mass is 32.2. The molecule has 8 heteroatoms. The highest BCUT2D eigenvalue weighted by Crippen LogP contribution is 2.24. The number of carbonyl (C=O) groups excluding carboxylic acids is 1. The predicted octanol–water partition coefficient (Wildman–Crippen LogP) is 2.33. The van der Waals surface area contributed by atoms with Crippen LogP contribution in [0.4, 0.5) is 0 Å². The van der Waals surface area contributed by atoms with Crippen LogP contribution in [0.5, 0.6) is 0 Å². The van der Waals surface area contributed by atoms with Gasteiger partial charge in [-0.2, -0.15) is 4.31 Å². The van der Waals surface area contributed by atoms with Crippen molar-refractivity contribution in [2.45, 2.75) is 55.9 Å². The summed E-state index contributed by atoms with van der Waals surface area (Å²) in [7, 11) is -3.66. The number of likely N-dealkylation sites (tertiary alicyclic amines) is 1. The van der Waals surface area contributed by atoms with E-state index in [1.54, 1.807) is 12.1 Å². The van der Waals surface area contributed by atoms with Crippen LogP contribution < -0.4 is 0 Å². The molecular formula is C19H26N2O5S. The van der Waals surface area contributed by atoms with Gasteiger partial charge in [0.25, 0.3) is 5.91 Å². The Hall–Kier alpha value is -1.93. The molecule has 2 saturated heterocycles. The van der Waals surface area contributed by atoms with Crippen LogP contribution in [0.2, 0.25) is 0 Å². The highest BCUT2D eigenvalue weighted by Gasteiger charge is 2.33. The maximum Gasteiger partial charge on any atom is 0.326 e. The average molecular weight is 394 g/mol. The third-order valence-electron chi connectivity index (χ3n) is 5.33. The minimum atomic E-state index is -3.66. The first kappa shape index (κ1) is 19.8. The Kier molecular flexibility index (Phi) is 6.16. The fourth-order valence-electron chi connectivity index (χ4n) is 3.82. The van der Waals surface area contributed by atoms with Crippen molar-refractivity contribution in [1.29, 1.82) is 0 Å². The zero-order valence-electron chi connectivity index (χ0n) is 15.3. The van der Waals surface area contributed by atoms with E-state index in [2.05, 4.69) is 0 Å². The molecule has 0 aliphatic carbocycles. The summed E-state index contributed by atoms with van der Waals surface area (Å²) in [6.07, 6.45) is 5.67. The predicted molar refractivity (Wildman–Crippen MR) is 100.0 cm³/mol. The van der Waals surface area contributed by atoms with Gasteiger partial charge in [-0.15, -0.1) is 0 Å². The van der Waals surface area contributed by atoms with E-state index in [0.29, 0.717) is 26.1 Å². The molecule has 0 radical (unpaired) electrons. The summed E-state index contributed by atoms with van der Waals surface area (Å²) in [5.74, 6) is -1.44. The molecule has 1 aromatic carbocycles. The van der Waals surface area contributed by atoms with E-state index in [1.165, 1.54) is 21.3 Å². The second-order valence-corrected chi connectivity index (χ2v) is 9.13. The minimum Gasteiger partial charge on any atom is -0.480 e. The molecule has 3 rings (SSSR count). The van der Waals surface area contributed by atoms with Crippen LogP contribution in [0.3, 0.4) is 0 Å². The second-order valence-electron chi connectivity index (χ2n) is 7.19. The summed E-state index contributed by atoms with van der Waals surface area (Å²) in [5, 5.41) is 9.39. The Bertz CT molecular complexity index is 800. The molecule has 0 bridgehead atoms. The number of carbonyl (C=O) groups is 2. The van der Waals surface area contributed by atoms with Gasteiger partial charge in [0.15, 0.2) is 0 Å². The molecule has 2 aliphatic rings.